The van der Waals surface area contributed by atoms with Gasteiger partial charge >= 0.3 is 5.97 Å². The van der Waals surface area contributed by atoms with E-state index in [1.54, 1.807) is 6.92 Å². The second kappa shape index (κ2) is 5.70. The molecular weight excluding hydrogens is 254 g/mol. The van der Waals surface area contributed by atoms with Crippen LogP contribution in [0.15, 0.2) is 6.07 Å². The van der Waals surface area contributed by atoms with E-state index >= 15 is 0 Å². The van der Waals surface area contributed by atoms with Crippen LogP contribution in [0.25, 0.3) is 0 Å². The molecule has 0 saturated carbocycles. The molecule has 1 atom stereocenters. The number of halogens is 4. The molecule has 0 aromatic heterocycles. The molecule has 0 spiro atoms. The Morgan fingerprint density at radius 1 is 1.28 bits per heavy atom. The van der Waals surface area contributed by atoms with Crippen LogP contribution in [0.4, 0.5) is 23.2 Å². The van der Waals surface area contributed by atoms with E-state index in [4.69, 9.17) is 0 Å². The second-order valence-electron chi connectivity index (χ2n) is 3.46. The predicted molar refractivity (Wildman–Crippen MR) is 56.0 cm³/mol. The van der Waals surface area contributed by atoms with Gasteiger partial charge in [0.25, 0.3) is 0 Å². The third-order valence-corrected chi connectivity index (χ3v) is 2.11. The van der Waals surface area contributed by atoms with Gasteiger partial charge < -0.3 is 10.1 Å². The van der Waals surface area contributed by atoms with Gasteiger partial charge in [0.1, 0.15) is 11.7 Å². The average molecular weight is 265 g/mol. The number of nitrogens with one attached hydrogen (secondary N) is 1. The Bertz CT molecular complexity index is 439. The van der Waals surface area contributed by atoms with Gasteiger partial charge in [-0.3, -0.25) is 0 Å². The van der Waals surface area contributed by atoms with E-state index in [9.17, 15) is 22.4 Å². The molecule has 1 unspecified atom stereocenters. The summed E-state index contributed by atoms with van der Waals surface area (Å²) in [6.45, 7) is 2.88. The molecule has 0 aliphatic heterocycles. The van der Waals surface area contributed by atoms with Crippen LogP contribution >= 0.6 is 0 Å². The van der Waals surface area contributed by atoms with Gasteiger partial charge in [0.2, 0.25) is 0 Å². The highest BCUT2D eigenvalue weighted by atomic mass is 19.2. The molecule has 1 rings (SSSR count). The van der Waals surface area contributed by atoms with Crippen LogP contribution in [0, 0.1) is 23.3 Å². The van der Waals surface area contributed by atoms with Gasteiger partial charge in [0.05, 0.1) is 6.61 Å². The molecule has 0 aliphatic carbocycles. The first-order valence-electron chi connectivity index (χ1n) is 5.14. The Morgan fingerprint density at radius 2 is 1.78 bits per heavy atom. The van der Waals surface area contributed by atoms with Crippen molar-refractivity contribution < 1.29 is 27.1 Å². The molecule has 0 fully saturated rings. The largest absolute Gasteiger partial charge is 0.464 e. The standard InChI is InChI=1S/C11H11F4NO2/c1-3-18-11(17)5(2)16-10-8(14)6(12)4-7(13)9(10)15/h4-5,16H,3H2,1-2H3. The van der Waals surface area contributed by atoms with Crippen LogP contribution < -0.4 is 5.32 Å². The quantitative estimate of drug-likeness (QED) is 0.516. The lowest BCUT2D eigenvalue weighted by atomic mass is 10.2. The first-order valence-corrected chi connectivity index (χ1v) is 5.14. The number of esters is 1. The number of hydrogen-bond acceptors (Lipinski definition) is 3. The van der Waals surface area contributed by atoms with Gasteiger partial charge in [0, 0.05) is 6.07 Å². The zero-order valence-corrected chi connectivity index (χ0v) is 9.69. The lowest BCUT2D eigenvalue weighted by Gasteiger charge is -2.15. The minimum absolute atomic E-state index is 0.0767. The monoisotopic (exact) mass is 265 g/mol. The van der Waals surface area contributed by atoms with Crippen LogP contribution in [-0.2, 0) is 9.53 Å². The Balaban J connectivity index is 3.00. The second-order valence-corrected chi connectivity index (χ2v) is 3.46. The maximum atomic E-state index is 13.3. The van der Waals surface area contributed by atoms with Gasteiger partial charge in [-0.2, -0.15) is 0 Å². The van der Waals surface area contributed by atoms with Crippen molar-refractivity contribution in [1.82, 2.24) is 0 Å². The van der Waals surface area contributed by atoms with Crippen LogP contribution in [0.2, 0.25) is 0 Å². The third kappa shape index (κ3) is 2.91. The van der Waals surface area contributed by atoms with Gasteiger partial charge in [-0.25, -0.2) is 22.4 Å². The summed E-state index contributed by atoms with van der Waals surface area (Å²) in [5, 5.41) is 2.04. The first kappa shape index (κ1) is 14.3. The van der Waals surface area contributed by atoms with E-state index in [2.05, 4.69) is 4.74 Å². The highest BCUT2D eigenvalue weighted by Crippen LogP contribution is 2.24. The van der Waals surface area contributed by atoms with E-state index in [-0.39, 0.29) is 12.7 Å². The van der Waals surface area contributed by atoms with Gasteiger partial charge in [0.15, 0.2) is 23.3 Å². The number of carbonyl (C=O) groups excluding carboxylic acids is 1. The molecule has 1 aromatic rings. The summed E-state index contributed by atoms with van der Waals surface area (Å²) in [7, 11) is 0. The smallest absolute Gasteiger partial charge is 0.328 e. The summed E-state index contributed by atoms with van der Waals surface area (Å²) in [4.78, 5) is 11.2. The van der Waals surface area contributed by atoms with Crippen molar-refractivity contribution in [1.29, 1.82) is 0 Å². The van der Waals surface area contributed by atoms with Gasteiger partial charge in [-0.05, 0) is 13.8 Å². The Kier molecular flexibility index (Phi) is 4.52. The fourth-order valence-corrected chi connectivity index (χ4v) is 1.24. The minimum Gasteiger partial charge on any atom is -0.464 e. The zero-order valence-electron chi connectivity index (χ0n) is 9.69. The molecule has 0 bridgehead atoms. The number of carbonyl (C=O) groups is 1. The van der Waals surface area contributed by atoms with Crippen molar-refractivity contribution in [3.05, 3.63) is 29.3 Å². The fourth-order valence-electron chi connectivity index (χ4n) is 1.24. The summed E-state index contributed by atoms with van der Waals surface area (Å²) < 4.78 is 56.9. The molecule has 3 nitrogen and oxygen atoms in total. The molecule has 18 heavy (non-hydrogen) atoms. The van der Waals surface area contributed by atoms with Crippen molar-refractivity contribution in [2.75, 3.05) is 11.9 Å². The van der Waals surface area contributed by atoms with Crippen LogP contribution in [-0.4, -0.2) is 18.6 Å². The Morgan fingerprint density at radius 3 is 2.22 bits per heavy atom. The van der Waals surface area contributed by atoms with E-state index in [0.29, 0.717) is 0 Å². The molecule has 0 amide bonds. The normalized spacial score (nSPS) is 12.1. The highest BCUT2D eigenvalue weighted by molar-refractivity contribution is 5.78. The number of ether oxygens (including phenoxy) is 1. The predicted octanol–water partition coefficient (Wildman–Crippen LogP) is 2.61. The maximum absolute atomic E-state index is 13.3. The first-order chi connectivity index (χ1) is 8.38. The zero-order chi connectivity index (χ0) is 13.9. The summed E-state index contributed by atoms with van der Waals surface area (Å²) >= 11 is 0. The van der Waals surface area contributed by atoms with Gasteiger partial charge in [-0.15, -0.1) is 0 Å². The number of anilines is 1. The van der Waals surface area contributed by atoms with E-state index in [0.717, 1.165) is 0 Å². The van der Waals surface area contributed by atoms with Crippen molar-refractivity contribution in [3.63, 3.8) is 0 Å². The highest BCUT2D eigenvalue weighted by Gasteiger charge is 2.23. The molecule has 0 heterocycles. The molecule has 7 heteroatoms. The van der Waals surface area contributed by atoms with E-state index in [1.165, 1.54) is 6.92 Å². The lowest BCUT2D eigenvalue weighted by Crippen LogP contribution is -2.29. The lowest BCUT2D eigenvalue weighted by molar-refractivity contribution is -0.143. The number of benzene rings is 1. The molecular formula is C11H11F4NO2. The SMILES string of the molecule is CCOC(=O)C(C)Nc1c(F)c(F)cc(F)c1F. The molecule has 1 N–H and O–H groups in total. The molecule has 1 aromatic carbocycles. The van der Waals surface area contributed by atoms with E-state index in [1.807, 2.05) is 5.32 Å². The summed E-state index contributed by atoms with van der Waals surface area (Å²) in [5.41, 5.74) is -1.03. The van der Waals surface area contributed by atoms with Crippen LogP contribution in [0.1, 0.15) is 13.8 Å². The van der Waals surface area contributed by atoms with E-state index < -0.39 is 41.0 Å². The Hall–Kier alpha value is -1.79. The number of rotatable bonds is 4. The molecule has 0 radical (unpaired) electrons. The average Bonchev–Trinajstić information content (AvgIpc) is 2.32. The number of hydrogen-bond donors (Lipinski definition) is 1. The van der Waals surface area contributed by atoms with Crippen molar-refractivity contribution in [3.8, 4) is 0 Å². The maximum Gasteiger partial charge on any atom is 0.328 e. The van der Waals surface area contributed by atoms with Crippen LogP contribution in [0.3, 0.4) is 0 Å². The third-order valence-electron chi connectivity index (χ3n) is 2.11. The minimum atomic E-state index is -1.59. The molecule has 0 saturated heterocycles. The molecule has 0 aliphatic rings. The van der Waals surface area contributed by atoms with Gasteiger partial charge in [-0.1, -0.05) is 0 Å². The molecule has 100 valence electrons. The summed E-state index contributed by atoms with van der Waals surface area (Å²) in [6.07, 6.45) is 0. The van der Waals surface area contributed by atoms with Crippen LogP contribution in [0.5, 0.6) is 0 Å². The summed E-state index contributed by atoms with van der Waals surface area (Å²) in [5.74, 6) is -7.07. The fraction of sp³-hybridized carbons (Fsp3) is 0.364. The Labute approximate surface area is 101 Å². The topological polar surface area (TPSA) is 38.3 Å². The van der Waals surface area contributed by atoms with Crippen molar-refractivity contribution >= 4 is 11.7 Å². The van der Waals surface area contributed by atoms with Crippen molar-refractivity contribution in [2.24, 2.45) is 0 Å². The van der Waals surface area contributed by atoms with Crippen molar-refractivity contribution in [2.45, 2.75) is 19.9 Å². The summed E-state index contributed by atoms with van der Waals surface area (Å²) in [6, 6.07) is -1.06.